The molecule has 2 aromatic rings. The number of rotatable bonds is 13. The van der Waals surface area contributed by atoms with Crippen molar-refractivity contribution in [1.82, 2.24) is 0 Å². The second-order valence-corrected chi connectivity index (χ2v) is 8.85. The van der Waals surface area contributed by atoms with Crippen LogP contribution < -0.4 is 0 Å². The number of carbonyl (C=O) groups is 2. The Morgan fingerprint density at radius 3 is 0.950 bits per heavy atom. The van der Waals surface area contributed by atoms with E-state index in [1.54, 1.807) is 0 Å². The summed E-state index contributed by atoms with van der Waals surface area (Å²) in [5.74, 6) is -23.4. The van der Waals surface area contributed by atoms with Gasteiger partial charge in [-0.3, -0.25) is 9.59 Å². The van der Waals surface area contributed by atoms with Crippen LogP contribution in [0.25, 0.3) is 0 Å². The zero-order chi connectivity index (χ0) is 30.3. The Labute approximate surface area is 222 Å². The maximum atomic E-state index is 13.8. The zero-order valence-electron chi connectivity index (χ0n) is 21.2. The third-order valence-electron chi connectivity index (χ3n) is 5.93. The smallest absolute Gasteiger partial charge is 0.306 e. The van der Waals surface area contributed by atoms with Crippen molar-refractivity contribution in [2.45, 2.75) is 77.4 Å². The first-order chi connectivity index (χ1) is 18.7. The van der Waals surface area contributed by atoms with Crippen LogP contribution in [0.1, 0.15) is 88.5 Å². The molecule has 0 spiro atoms. The minimum Gasteiger partial charge on any atom is -0.458 e. The van der Waals surface area contributed by atoms with Crippen molar-refractivity contribution in [1.29, 1.82) is 0 Å². The maximum absolute atomic E-state index is 13.8. The van der Waals surface area contributed by atoms with Gasteiger partial charge in [0.25, 0.3) is 0 Å². The molecule has 4 nitrogen and oxygen atoms in total. The Bertz CT molecular complexity index is 1100. The Balaban J connectivity index is 1.68. The van der Waals surface area contributed by atoms with E-state index < -0.39 is 93.4 Å². The van der Waals surface area contributed by atoms with E-state index in [-0.39, 0.29) is 25.7 Å². The highest BCUT2D eigenvalue weighted by molar-refractivity contribution is 5.70. The predicted molar refractivity (Wildman–Crippen MR) is 118 cm³/mol. The van der Waals surface area contributed by atoms with Gasteiger partial charge in [-0.1, -0.05) is 25.7 Å². The molecule has 0 radical (unpaired) electrons. The Kier molecular flexibility index (Phi) is 11.8. The quantitative estimate of drug-likeness (QED) is 0.0778. The van der Waals surface area contributed by atoms with Gasteiger partial charge in [-0.05, 0) is 26.7 Å². The summed E-state index contributed by atoms with van der Waals surface area (Å²) in [7, 11) is 0. The lowest BCUT2D eigenvalue weighted by atomic mass is 10.1. The van der Waals surface area contributed by atoms with E-state index in [0.29, 0.717) is 25.7 Å². The van der Waals surface area contributed by atoms with Gasteiger partial charge >= 0.3 is 11.9 Å². The lowest BCUT2D eigenvalue weighted by Gasteiger charge is -2.16. The van der Waals surface area contributed by atoms with E-state index in [0.717, 1.165) is 13.8 Å². The zero-order valence-corrected chi connectivity index (χ0v) is 21.2. The third-order valence-corrected chi connectivity index (χ3v) is 5.93. The highest BCUT2D eigenvalue weighted by Gasteiger charge is 2.31. The van der Waals surface area contributed by atoms with E-state index in [9.17, 15) is 53.5 Å². The van der Waals surface area contributed by atoms with Gasteiger partial charge in [0, 0.05) is 12.8 Å². The van der Waals surface area contributed by atoms with Gasteiger partial charge in [0.15, 0.2) is 46.5 Å². The SMILES string of the molecule is CC(OC(=O)CCCCCCCCC(=O)OC(C)c1c(F)c(F)c(F)c(F)c1F)c1c(F)c(F)c(F)c(F)c1F. The summed E-state index contributed by atoms with van der Waals surface area (Å²) >= 11 is 0. The molecule has 0 saturated heterocycles. The van der Waals surface area contributed by atoms with Crippen LogP contribution in [0.2, 0.25) is 0 Å². The van der Waals surface area contributed by atoms with Gasteiger partial charge in [0.1, 0.15) is 12.2 Å². The first kappa shape index (κ1) is 32.9. The second-order valence-electron chi connectivity index (χ2n) is 8.85. The molecule has 0 aliphatic carbocycles. The van der Waals surface area contributed by atoms with Crippen molar-refractivity contribution >= 4 is 11.9 Å². The van der Waals surface area contributed by atoms with E-state index in [4.69, 9.17) is 9.47 Å². The van der Waals surface area contributed by atoms with Crippen molar-refractivity contribution in [3.63, 3.8) is 0 Å². The molecular weight excluding hydrogens is 566 g/mol. The average Bonchev–Trinajstić information content (AvgIpc) is 2.90. The van der Waals surface area contributed by atoms with Crippen molar-refractivity contribution < 1.29 is 63.0 Å². The van der Waals surface area contributed by atoms with Gasteiger partial charge in [0.2, 0.25) is 11.6 Å². The Hall–Kier alpha value is -3.32. The second kappa shape index (κ2) is 14.4. The first-order valence-electron chi connectivity index (χ1n) is 12.1. The molecule has 14 heteroatoms. The van der Waals surface area contributed by atoms with Crippen LogP contribution >= 0.6 is 0 Å². The van der Waals surface area contributed by atoms with Gasteiger partial charge in [-0.25, -0.2) is 43.9 Å². The summed E-state index contributed by atoms with van der Waals surface area (Å²) in [6, 6.07) is 0. The molecule has 0 fully saturated rings. The Morgan fingerprint density at radius 1 is 0.450 bits per heavy atom. The molecule has 0 aliphatic heterocycles. The predicted octanol–water partition coefficient (Wildman–Crippen LogP) is 8.11. The monoisotopic (exact) mass is 590 g/mol. The van der Waals surface area contributed by atoms with Crippen LogP contribution in [0.3, 0.4) is 0 Å². The van der Waals surface area contributed by atoms with E-state index >= 15 is 0 Å². The number of hydrogen-bond donors (Lipinski definition) is 0. The summed E-state index contributed by atoms with van der Waals surface area (Å²) in [6.07, 6.45) is -1.13. The molecular formula is C26H24F10O4. The largest absolute Gasteiger partial charge is 0.458 e. The highest BCUT2D eigenvalue weighted by atomic mass is 19.2. The summed E-state index contributed by atoms with van der Waals surface area (Å²) in [6.45, 7) is 1.93. The van der Waals surface area contributed by atoms with Crippen molar-refractivity contribution in [2.75, 3.05) is 0 Å². The van der Waals surface area contributed by atoms with Crippen molar-refractivity contribution in [2.24, 2.45) is 0 Å². The molecule has 2 unspecified atom stereocenters. The molecule has 0 N–H and O–H groups in total. The summed E-state index contributed by atoms with van der Waals surface area (Å²) < 4.78 is 144. The molecule has 2 atom stereocenters. The number of unbranched alkanes of at least 4 members (excludes halogenated alkanes) is 5. The number of carbonyl (C=O) groups excluding carboxylic acids is 2. The summed E-state index contributed by atoms with van der Waals surface area (Å²) in [4.78, 5) is 23.8. The molecule has 0 bridgehead atoms. The van der Waals surface area contributed by atoms with Crippen LogP contribution in [-0.2, 0) is 19.1 Å². The number of benzene rings is 2. The molecule has 0 saturated carbocycles. The molecule has 0 aliphatic rings. The van der Waals surface area contributed by atoms with Gasteiger partial charge in [0.05, 0.1) is 11.1 Å². The average molecular weight is 590 g/mol. The fourth-order valence-electron chi connectivity index (χ4n) is 3.83. The van der Waals surface area contributed by atoms with Gasteiger partial charge in [-0.15, -0.1) is 0 Å². The molecule has 40 heavy (non-hydrogen) atoms. The van der Waals surface area contributed by atoms with Crippen LogP contribution in [0, 0.1) is 58.2 Å². The first-order valence-corrected chi connectivity index (χ1v) is 12.1. The minimum atomic E-state index is -2.33. The van der Waals surface area contributed by atoms with Crippen molar-refractivity contribution in [3.05, 3.63) is 69.3 Å². The van der Waals surface area contributed by atoms with E-state index in [2.05, 4.69) is 0 Å². The van der Waals surface area contributed by atoms with E-state index in [1.807, 2.05) is 0 Å². The molecule has 2 rings (SSSR count). The molecule has 2 aromatic carbocycles. The molecule has 0 aromatic heterocycles. The fraction of sp³-hybridized carbons (Fsp3) is 0.462. The van der Waals surface area contributed by atoms with Crippen LogP contribution in [0.4, 0.5) is 43.9 Å². The molecule has 222 valence electrons. The summed E-state index contributed by atoms with van der Waals surface area (Å²) in [5.41, 5.74) is -2.52. The Morgan fingerprint density at radius 2 is 0.675 bits per heavy atom. The van der Waals surface area contributed by atoms with Crippen LogP contribution in [0.15, 0.2) is 0 Å². The minimum absolute atomic E-state index is 0.193. The number of ether oxygens (including phenoxy) is 2. The lowest BCUT2D eigenvalue weighted by Crippen LogP contribution is -2.15. The maximum Gasteiger partial charge on any atom is 0.306 e. The molecule has 0 amide bonds. The topological polar surface area (TPSA) is 52.6 Å². The number of hydrogen-bond acceptors (Lipinski definition) is 4. The fourth-order valence-corrected chi connectivity index (χ4v) is 3.83. The number of halogens is 10. The van der Waals surface area contributed by atoms with Gasteiger partial charge < -0.3 is 9.47 Å². The lowest BCUT2D eigenvalue weighted by molar-refractivity contribution is -0.150. The molecule has 0 heterocycles. The third kappa shape index (κ3) is 7.66. The summed E-state index contributed by atoms with van der Waals surface area (Å²) in [5, 5.41) is 0. The van der Waals surface area contributed by atoms with E-state index in [1.165, 1.54) is 0 Å². The highest BCUT2D eigenvalue weighted by Crippen LogP contribution is 2.31. The standard InChI is InChI=1S/C26H24F10O4/c1-11(15-17(27)21(31)25(35)22(32)18(15)28)39-13(37)9-7-5-3-4-6-8-10-14(38)40-12(2)16-19(29)23(33)26(36)24(34)20(16)30/h11-12H,3-10H2,1-2H3. The van der Waals surface area contributed by atoms with Gasteiger partial charge in [-0.2, -0.15) is 0 Å². The van der Waals surface area contributed by atoms with Crippen molar-refractivity contribution in [3.8, 4) is 0 Å². The normalized spacial score (nSPS) is 12.8. The van der Waals surface area contributed by atoms with Crippen LogP contribution in [-0.4, -0.2) is 11.9 Å². The number of esters is 2. The van der Waals surface area contributed by atoms with Crippen LogP contribution in [0.5, 0.6) is 0 Å².